The maximum absolute atomic E-state index is 12.2. The van der Waals surface area contributed by atoms with E-state index in [0.717, 1.165) is 17.0 Å². The van der Waals surface area contributed by atoms with Crippen LogP contribution in [0.1, 0.15) is 11.1 Å². The van der Waals surface area contributed by atoms with E-state index in [1.807, 2.05) is 37.3 Å². The zero-order valence-corrected chi connectivity index (χ0v) is 15.0. The van der Waals surface area contributed by atoms with Crippen molar-refractivity contribution in [3.8, 4) is 0 Å². The summed E-state index contributed by atoms with van der Waals surface area (Å²) in [6.45, 7) is 1.90. The van der Waals surface area contributed by atoms with Gasteiger partial charge in [-0.15, -0.1) is 11.8 Å². The third kappa shape index (κ3) is 3.92. The molecule has 3 aromatic rings. The lowest BCUT2D eigenvalue weighted by Crippen LogP contribution is -2.15. The van der Waals surface area contributed by atoms with Crippen LogP contribution < -0.4 is 5.32 Å². The van der Waals surface area contributed by atoms with E-state index < -0.39 is 0 Å². The zero-order valence-electron chi connectivity index (χ0n) is 13.4. The van der Waals surface area contributed by atoms with Gasteiger partial charge in [0.1, 0.15) is 0 Å². The van der Waals surface area contributed by atoms with Crippen molar-refractivity contribution in [2.24, 2.45) is 0 Å². The van der Waals surface area contributed by atoms with Gasteiger partial charge in [-0.05, 0) is 41.0 Å². The van der Waals surface area contributed by atoms with Gasteiger partial charge < -0.3 is 5.32 Å². The molecule has 3 aromatic carbocycles. The summed E-state index contributed by atoms with van der Waals surface area (Å²) in [5.41, 5.74) is 2.93. The van der Waals surface area contributed by atoms with Crippen molar-refractivity contribution in [2.45, 2.75) is 12.7 Å². The van der Waals surface area contributed by atoms with Crippen LogP contribution in [-0.4, -0.2) is 11.7 Å². The third-order valence-corrected chi connectivity index (χ3v) is 5.30. The lowest BCUT2D eigenvalue weighted by Gasteiger charge is -2.10. The van der Waals surface area contributed by atoms with Gasteiger partial charge >= 0.3 is 0 Å². The molecule has 0 atom stereocenters. The van der Waals surface area contributed by atoms with Crippen LogP contribution in [0.3, 0.4) is 0 Å². The second kappa shape index (κ2) is 7.73. The van der Waals surface area contributed by atoms with E-state index in [9.17, 15) is 4.79 Å². The Labute approximate surface area is 151 Å². The number of nitrogens with one attached hydrogen (secondary N) is 1. The van der Waals surface area contributed by atoms with Crippen molar-refractivity contribution in [1.82, 2.24) is 0 Å². The number of benzene rings is 3. The number of fused-ring (bicyclic) bond motifs is 1. The largest absolute Gasteiger partial charge is 0.325 e. The predicted molar refractivity (Wildman–Crippen MR) is 105 cm³/mol. The molecular formula is C20H18ClNOS. The average molecular weight is 356 g/mol. The summed E-state index contributed by atoms with van der Waals surface area (Å²) in [5.74, 6) is 1.21. The monoisotopic (exact) mass is 355 g/mol. The Morgan fingerprint density at radius 1 is 1.04 bits per heavy atom. The van der Waals surface area contributed by atoms with Crippen LogP contribution in [0, 0.1) is 6.92 Å². The fraction of sp³-hybridized carbons (Fsp3) is 0.150. The van der Waals surface area contributed by atoms with Crippen LogP contribution in [0.5, 0.6) is 0 Å². The lowest BCUT2D eigenvalue weighted by molar-refractivity contribution is -0.113. The SMILES string of the molecule is Cc1c(Cl)cccc1NC(=O)CSCc1cccc2ccccc12. The van der Waals surface area contributed by atoms with Gasteiger partial charge in [-0.3, -0.25) is 4.79 Å². The number of carbonyl (C=O) groups is 1. The predicted octanol–water partition coefficient (Wildman–Crippen LogP) is 5.67. The molecular weight excluding hydrogens is 338 g/mol. The van der Waals surface area contributed by atoms with E-state index in [0.29, 0.717) is 10.8 Å². The van der Waals surface area contributed by atoms with Gasteiger partial charge in [0.15, 0.2) is 0 Å². The molecule has 0 aliphatic rings. The van der Waals surface area contributed by atoms with Gasteiger partial charge in [-0.2, -0.15) is 0 Å². The molecule has 0 aromatic heterocycles. The molecule has 0 saturated heterocycles. The lowest BCUT2D eigenvalue weighted by atomic mass is 10.1. The summed E-state index contributed by atoms with van der Waals surface area (Å²) in [7, 11) is 0. The molecule has 0 spiro atoms. The average Bonchev–Trinajstić information content (AvgIpc) is 2.59. The molecule has 0 aliphatic heterocycles. The van der Waals surface area contributed by atoms with E-state index >= 15 is 0 Å². The topological polar surface area (TPSA) is 29.1 Å². The summed E-state index contributed by atoms with van der Waals surface area (Å²) in [6, 6.07) is 20.1. The maximum Gasteiger partial charge on any atom is 0.234 e. The van der Waals surface area contributed by atoms with E-state index in [4.69, 9.17) is 11.6 Å². The number of hydrogen-bond donors (Lipinski definition) is 1. The highest BCUT2D eigenvalue weighted by Crippen LogP contribution is 2.24. The van der Waals surface area contributed by atoms with Gasteiger partial charge in [-0.1, -0.05) is 60.1 Å². The van der Waals surface area contributed by atoms with Gasteiger partial charge in [0, 0.05) is 16.5 Å². The summed E-state index contributed by atoms with van der Waals surface area (Å²) in [4.78, 5) is 12.2. The first-order valence-electron chi connectivity index (χ1n) is 7.74. The zero-order chi connectivity index (χ0) is 16.9. The van der Waals surface area contributed by atoms with Crippen LogP contribution in [0.25, 0.3) is 10.8 Å². The fourth-order valence-electron chi connectivity index (χ4n) is 2.60. The molecule has 0 heterocycles. The van der Waals surface area contributed by atoms with Crippen molar-refractivity contribution in [3.05, 3.63) is 76.8 Å². The molecule has 0 radical (unpaired) electrons. The fourth-order valence-corrected chi connectivity index (χ4v) is 3.61. The molecule has 0 bridgehead atoms. The van der Waals surface area contributed by atoms with E-state index in [2.05, 4.69) is 35.6 Å². The highest BCUT2D eigenvalue weighted by molar-refractivity contribution is 7.99. The molecule has 3 rings (SSSR count). The summed E-state index contributed by atoms with van der Waals surface area (Å²) in [5, 5.41) is 6.07. The van der Waals surface area contributed by atoms with Crippen molar-refractivity contribution in [2.75, 3.05) is 11.1 Å². The quantitative estimate of drug-likeness (QED) is 0.638. The molecule has 0 unspecified atom stereocenters. The molecule has 1 N–H and O–H groups in total. The highest BCUT2D eigenvalue weighted by atomic mass is 35.5. The minimum absolute atomic E-state index is 0.00870. The number of hydrogen-bond acceptors (Lipinski definition) is 2. The Balaban J connectivity index is 1.60. The van der Waals surface area contributed by atoms with Gasteiger partial charge in [0.25, 0.3) is 0 Å². The smallest absolute Gasteiger partial charge is 0.234 e. The highest BCUT2D eigenvalue weighted by Gasteiger charge is 2.08. The summed E-state index contributed by atoms with van der Waals surface area (Å²) < 4.78 is 0. The second-order valence-corrected chi connectivity index (χ2v) is 6.98. The minimum Gasteiger partial charge on any atom is -0.325 e. The first kappa shape index (κ1) is 16.9. The Kier molecular flexibility index (Phi) is 5.44. The molecule has 24 heavy (non-hydrogen) atoms. The van der Waals surface area contributed by atoms with Gasteiger partial charge in [0.05, 0.1) is 5.75 Å². The standard InChI is InChI=1S/C20H18ClNOS/c1-14-18(21)10-5-11-19(14)22-20(23)13-24-12-16-8-4-7-15-6-2-3-9-17(15)16/h2-11H,12-13H2,1H3,(H,22,23). The van der Waals surface area contributed by atoms with Crippen LogP contribution in [0.2, 0.25) is 5.02 Å². The number of carbonyl (C=O) groups excluding carboxylic acids is 1. The van der Waals surface area contributed by atoms with Crippen LogP contribution in [-0.2, 0) is 10.5 Å². The van der Waals surface area contributed by atoms with Crippen LogP contribution in [0.15, 0.2) is 60.7 Å². The van der Waals surface area contributed by atoms with E-state index in [1.165, 1.54) is 16.3 Å². The van der Waals surface area contributed by atoms with Crippen LogP contribution >= 0.6 is 23.4 Å². The van der Waals surface area contributed by atoms with Crippen molar-refractivity contribution < 1.29 is 4.79 Å². The Morgan fingerprint density at radius 2 is 1.79 bits per heavy atom. The van der Waals surface area contributed by atoms with Crippen molar-refractivity contribution >= 4 is 45.7 Å². The van der Waals surface area contributed by atoms with Crippen molar-refractivity contribution in [3.63, 3.8) is 0 Å². The summed E-state index contributed by atoms with van der Waals surface area (Å²) >= 11 is 7.69. The van der Waals surface area contributed by atoms with E-state index in [-0.39, 0.29) is 5.91 Å². The number of thioether (sulfide) groups is 1. The first-order chi connectivity index (χ1) is 11.6. The molecule has 122 valence electrons. The number of rotatable bonds is 5. The van der Waals surface area contributed by atoms with E-state index in [1.54, 1.807) is 11.8 Å². The summed E-state index contributed by atoms with van der Waals surface area (Å²) in [6.07, 6.45) is 0. The molecule has 0 fully saturated rings. The first-order valence-corrected chi connectivity index (χ1v) is 9.28. The molecule has 0 saturated carbocycles. The van der Waals surface area contributed by atoms with Crippen molar-refractivity contribution in [1.29, 1.82) is 0 Å². The number of amides is 1. The molecule has 1 amide bonds. The second-order valence-electron chi connectivity index (χ2n) is 5.59. The number of halogens is 1. The van der Waals surface area contributed by atoms with Gasteiger partial charge in [-0.25, -0.2) is 0 Å². The third-order valence-electron chi connectivity index (χ3n) is 3.91. The molecule has 0 aliphatic carbocycles. The normalized spacial score (nSPS) is 10.8. The van der Waals surface area contributed by atoms with Gasteiger partial charge in [0.2, 0.25) is 5.91 Å². The Hall–Kier alpha value is -1.97. The Bertz CT molecular complexity index is 873. The number of anilines is 1. The minimum atomic E-state index is -0.00870. The Morgan fingerprint density at radius 3 is 2.67 bits per heavy atom. The molecule has 4 heteroatoms. The van der Waals surface area contributed by atoms with Crippen LogP contribution in [0.4, 0.5) is 5.69 Å². The maximum atomic E-state index is 12.2. The molecule has 2 nitrogen and oxygen atoms in total.